The molecule has 1 aromatic rings. The number of carbonyl (C=O) groups excluding carboxylic acids is 2. The lowest BCUT2D eigenvalue weighted by Crippen LogP contribution is -2.45. The largest absolute Gasteiger partial charge is 0.342 e. The van der Waals surface area contributed by atoms with Crippen LogP contribution in [-0.2, 0) is 14.8 Å². The first-order chi connectivity index (χ1) is 14.5. The summed E-state index contributed by atoms with van der Waals surface area (Å²) < 4.78 is 27.9. The van der Waals surface area contributed by atoms with E-state index < -0.39 is 10.0 Å². The Morgan fingerprint density at radius 1 is 0.833 bits per heavy atom. The van der Waals surface area contributed by atoms with Gasteiger partial charge in [0, 0.05) is 50.6 Å². The van der Waals surface area contributed by atoms with E-state index in [1.165, 1.54) is 16.8 Å². The van der Waals surface area contributed by atoms with E-state index in [-0.39, 0.29) is 21.9 Å². The van der Waals surface area contributed by atoms with Crippen molar-refractivity contribution < 1.29 is 18.0 Å². The van der Waals surface area contributed by atoms with Gasteiger partial charge in [-0.15, -0.1) is 11.3 Å². The van der Waals surface area contributed by atoms with Crippen LogP contribution in [0.4, 0.5) is 0 Å². The molecule has 3 saturated heterocycles. The average Bonchev–Trinajstić information content (AvgIpc) is 3.30. The molecule has 3 aliphatic rings. The molecule has 9 heteroatoms. The van der Waals surface area contributed by atoms with Crippen LogP contribution >= 0.6 is 11.3 Å². The van der Waals surface area contributed by atoms with Crippen LogP contribution in [0.1, 0.15) is 61.7 Å². The third kappa shape index (κ3) is 4.57. The molecule has 0 unspecified atom stereocenters. The molecule has 0 bridgehead atoms. The number of rotatable bonds is 4. The minimum atomic E-state index is -3.62. The maximum atomic E-state index is 13.1. The Hall–Kier alpha value is -1.45. The summed E-state index contributed by atoms with van der Waals surface area (Å²) in [5, 5.41) is 1.66. The van der Waals surface area contributed by atoms with Crippen LogP contribution in [0.15, 0.2) is 15.7 Å². The van der Waals surface area contributed by atoms with E-state index >= 15 is 0 Å². The van der Waals surface area contributed by atoms with Crippen LogP contribution in [-0.4, -0.2) is 73.6 Å². The van der Waals surface area contributed by atoms with Crippen molar-refractivity contribution in [3.63, 3.8) is 0 Å². The molecule has 0 aliphatic carbocycles. The molecule has 0 N–H and O–H groups in total. The van der Waals surface area contributed by atoms with Crippen molar-refractivity contribution in [2.24, 2.45) is 5.92 Å². The summed E-state index contributed by atoms with van der Waals surface area (Å²) in [5.41, 5.74) is 0.468. The minimum Gasteiger partial charge on any atom is -0.342 e. The molecular formula is C21H31N3O4S2. The number of amides is 2. The van der Waals surface area contributed by atoms with E-state index in [1.54, 1.807) is 5.38 Å². The number of hydrogen-bond acceptors (Lipinski definition) is 5. The third-order valence-corrected chi connectivity index (χ3v) is 9.84. The molecule has 0 aromatic carbocycles. The Morgan fingerprint density at radius 2 is 1.40 bits per heavy atom. The molecule has 3 fully saturated rings. The van der Waals surface area contributed by atoms with Gasteiger partial charge in [-0.3, -0.25) is 9.59 Å². The van der Waals surface area contributed by atoms with Gasteiger partial charge in [-0.25, -0.2) is 8.42 Å². The summed E-state index contributed by atoms with van der Waals surface area (Å²) in [7, 11) is -3.62. The molecule has 4 rings (SSSR count). The van der Waals surface area contributed by atoms with Gasteiger partial charge in [0.15, 0.2) is 0 Å². The van der Waals surface area contributed by atoms with Crippen LogP contribution in [0.25, 0.3) is 0 Å². The number of piperidine rings is 3. The summed E-state index contributed by atoms with van der Waals surface area (Å²) >= 11 is 1.12. The number of hydrogen-bond donors (Lipinski definition) is 0. The zero-order valence-corrected chi connectivity index (χ0v) is 19.1. The predicted octanol–water partition coefficient (Wildman–Crippen LogP) is 2.79. The summed E-state index contributed by atoms with van der Waals surface area (Å²) in [6.07, 6.45) is 7.61. The van der Waals surface area contributed by atoms with E-state index in [4.69, 9.17) is 0 Å². The fourth-order valence-corrected chi connectivity index (χ4v) is 7.46. The van der Waals surface area contributed by atoms with Crippen molar-refractivity contribution >= 4 is 33.2 Å². The number of nitrogens with zero attached hydrogens (tertiary/aromatic N) is 3. The van der Waals surface area contributed by atoms with Gasteiger partial charge < -0.3 is 9.80 Å². The molecule has 0 radical (unpaired) electrons. The van der Waals surface area contributed by atoms with Gasteiger partial charge in [-0.1, -0.05) is 0 Å². The van der Waals surface area contributed by atoms with Crippen LogP contribution in [0, 0.1) is 5.92 Å². The lowest BCUT2D eigenvalue weighted by molar-refractivity contribution is -0.137. The van der Waals surface area contributed by atoms with Crippen molar-refractivity contribution in [2.75, 3.05) is 39.3 Å². The maximum absolute atomic E-state index is 13.1. The topological polar surface area (TPSA) is 78.0 Å². The maximum Gasteiger partial charge on any atom is 0.254 e. The van der Waals surface area contributed by atoms with Gasteiger partial charge in [0.2, 0.25) is 5.91 Å². The molecule has 4 heterocycles. The summed E-state index contributed by atoms with van der Waals surface area (Å²) in [5.74, 6) is 0.0460. The average molecular weight is 454 g/mol. The monoisotopic (exact) mass is 453 g/mol. The van der Waals surface area contributed by atoms with Crippen molar-refractivity contribution in [2.45, 2.75) is 55.6 Å². The minimum absolute atomic E-state index is 0.0711. The first-order valence-electron chi connectivity index (χ1n) is 11.1. The van der Waals surface area contributed by atoms with Crippen LogP contribution < -0.4 is 0 Å². The molecule has 3 aliphatic heterocycles. The van der Waals surface area contributed by atoms with Gasteiger partial charge in [0.1, 0.15) is 4.21 Å². The molecule has 0 saturated carbocycles. The Kier molecular flexibility index (Phi) is 6.79. The molecule has 0 atom stereocenters. The Bertz CT molecular complexity index is 863. The van der Waals surface area contributed by atoms with Gasteiger partial charge in [0.05, 0.1) is 5.56 Å². The van der Waals surface area contributed by atoms with E-state index in [2.05, 4.69) is 0 Å². The van der Waals surface area contributed by atoms with Crippen LogP contribution in [0.5, 0.6) is 0 Å². The van der Waals surface area contributed by atoms with Gasteiger partial charge in [-0.2, -0.15) is 4.31 Å². The molecular weight excluding hydrogens is 422 g/mol. The highest BCUT2D eigenvalue weighted by atomic mass is 32.2. The SMILES string of the molecule is O=C(c1csc(S(=O)(=O)N2CCC(C(=O)N3CCCCC3)CC2)c1)N1CCCCC1. The van der Waals surface area contributed by atoms with Crippen LogP contribution in [0.3, 0.4) is 0 Å². The Labute approximate surface area is 183 Å². The smallest absolute Gasteiger partial charge is 0.254 e. The van der Waals surface area contributed by atoms with Crippen molar-refractivity contribution in [1.29, 1.82) is 0 Å². The molecule has 2 amide bonds. The summed E-state index contributed by atoms with van der Waals surface area (Å²) in [4.78, 5) is 29.2. The molecule has 0 spiro atoms. The predicted molar refractivity (Wildman–Crippen MR) is 116 cm³/mol. The lowest BCUT2D eigenvalue weighted by Gasteiger charge is -2.34. The summed E-state index contributed by atoms with van der Waals surface area (Å²) in [6.45, 7) is 3.88. The molecule has 1 aromatic heterocycles. The van der Waals surface area contributed by atoms with E-state index in [1.807, 2.05) is 9.80 Å². The van der Waals surface area contributed by atoms with Gasteiger partial charge in [-0.05, 0) is 57.4 Å². The second-order valence-electron chi connectivity index (χ2n) is 8.57. The first kappa shape index (κ1) is 21.8. The number of sulfonamides is 1. The number of carbonyl (C=O) groups is 2. The number of likely N-dealkylation sites (tertiary alicyclic amines) is 2. The zero-order valence-electron chi connectivity index (χ0n) is 17.4. The fourth-order valence-electron chi connectivity index (χ4n) is 4.69. The Balaban J connectivity index is 1.37. The van der Waals surface area contributed by atoms with Crippen molar-refractivity contribution in [3.05, 3.63) is 17.0 Å². The quantitative estimate of drug-likeness (QED) is 0.702. The van der Waals surface area contributed by atoms with Crippen molar-refractivity contribution in [3.8, 4) is 0 Å². The van der Waals surface area contributed by atoms with E-state index in [0.29, 0.717) is 31.5 Å². The van der Waals surface area contributed by atoms with Gasteiger partial charge in [0.25, 0.3) is 15.9 Å². The summed E-state index contributed by atoms with van der Waals surface area (Å²) in [6, 6.07) is 1.53. The number of thiophene rings is 1. The van der Waals surface area contributed by atoms with Gasteiger partial charge >= 0.3 is 0 Å². The van der Waals surface area contributed by atoms with Crippen LogP contribution in [0.2, 0.25) is 0 Å². The lowest BCUT2D eigenvalue weighted by atomic mass is 9.95. The second kappa shape index (κ2) is 9.36. The molecule has 166 valence electrons. The molecule has 30 heavy (non-hydrogen) atoms. The highest BCUT2D eigenvalue weighted by Crippen LogP contribution is 2.30. The van der Waals surface area contributed by atoms with E-state index in [0.717, 1.165) is 69.6 Å². The molecule has 7 nitrogen and oxygen atoms in total. The fraction of sp³-hybridized carbons (Fsp3) is 0.714. The third-order valence-electron chi connectivity index (χ3n) is 6.53. The first-order valence-corrected chi connectivity index (χ1v) is 13.5. The highest BCUT2D eigenvalue weighted by molar-refractivity contribution is 7.91. The zero-order chi connectivity index (χ0) is 21.1. The standard InChI is InChI=1S/C21H31N3O4S2/c25-20(22-9-3-1-4-10-22)17-7-13-24(14-8-17)30(27,28)19-15-18(16-29-19)21(26)23-11-5-2-6-12-23/h15-17H,1-14H2. The highest BCUT2D eigenvalue weighted by Gasteiger charge is 2.35. The Morgan fingerprint density at radius 3 is 2.00 bits per heavy atom. The normalized spacial score (nSPS) is 22.3. The second-order valence-corrected chi connectivity index (χ2v) is 11.6. The van der Waals surface area contributed by atoms with Crippen molar-refractivity contribution in [1.82, 2.24) is 14.1 Å². The van der Waals surface area contributed by atoms with E-state index in [9.17, 15) is 18.0 Å².